The molecule has 1 aliphatic rings. The molecule has 0 N–H and O–H groups in total. The first-order valence-corrected chi connectivity index (χ1v) is 24.6. The van der Waals surface area contributed by atoms with Crippen LogP contribution in [0.15, 0.2) is 48.5 Å². The van der Waals surface area contributed by atoms with Gasteiger partial charge in [-0.1, -0.05) is 0 Å². The molecule has 8 heteroatoms. The molecule has 3 rings (SSSR count). The molecule has 1 fully saturated rings. The molecule has 0 atom stereocenters. The Bertz CT molecular complexity index is 1170. The summed E-state index contributed by atoms with van der Waals surface area (Å²) in [6.07, 6.45) is 3.13. The zero-order chi connectivity index (χ0) is 33.1. The third-order valence-electron chi connectivity index (χ3n) is 9.36. The van der Waals surface area contributed by atoms with Gasteiger partial charge in [-0.3, -0.25) is 0 Å². The Morgan fingerprint density at radius 2 is 1.42 bits per heavy atom. The van der Waals surface area contributed by atoms with Gasteiger partial charge < -0.3 is 0 Å². The molecule has 0 unspecified atom stereocenters. The molecule has 0 aliphatic carbocycles. The molecule has 1 amide bonds. The molecular formula is C37H56F3NO3Sn. The number of hydrogen-bond acceptors (Lipinski definition) is 3. The van der Waals surface area contributed by atoms with Crippen molar-refractivity contribution in [3.8, 4) is 0 Å². The molecular weight excluding hydrogens is 682 g/mol. The number of unbranched alkanes of at least 4 members (excludes halogenated alkanes) is 3. The summed E-state index contributed by atoms with van der Waals surface area (Å²) in [5.74, 6) is 0. The molecule has 0 saturated carbocycles. The molecule has 0 bridgehead atoms. The number of hydrogen-bond donors (Lipinski definition) is 0. The summed E-state index contributed by atoms with van der Waals surface area (Å²) in [6.45, 7) is 13.7. The van der Waals surface area contributed by atoms with E-state index >= 15 is 0 Å². The number of ether oxygens (including phenoxy) is 2. The Kier molecular flexibility index (Phi) is 14.2. The van der Waals surface area contributed by atoms with E-state index in [0.717, 1.165) is 61.0 Å². The van der Waals surface area contributed by atoms with Gasteiger partial charge in [-0.05, 0) is 20.8 Å². The SMILES string of the molecule is CCC[CH2][Sn]([CH2]CCC)([CH2]CCC)[c]1cc(COCC2(c3ccccc3)CCN(C(=O)OC(C)(C)C)CC2)cc(C(F)(F)F)c1. The normalized spacial score (nSPS) is 15.7. The van der Waals surface area contributed by atoms with Crippen molar-refractivity contribution in [2.45, 2.75) is 130 Å². The van der Waals surface area contributed by atoms with E-state index in [2.05, 4.69) is 39.0 Å². The first-order valence-electron chi connectivity index (χ1n) is 17.1. The average molecular weight is 739 g/mol. The maximum atomic E-state index is 14.3. The molecule has 252 valence electrons. The van der Waals surface area contributed by atoms with Crippen molar-refractivity contribution in [1.82, 2.24) is 4.90 Å². The molecule has 45 heavy (non-hydrogen) atoms. The van der Waals surface area contributed by atoms with Gasteiger partial charge in [0.25, 0.3) is 0 Å². The van der Waals surface area contributed by atoms with Crippen LogP contribution in [-0.2, 0) is 27.7 Å². The van der Waals surface area contributed by atoms with Gasteiger partial charge in [0.2, 0.25) is 0 Å². The zero-order valence-electron chi connectivity index (χ0n) is 28.5. The molecule has 2 aromatic carbocycles. The molecule has 0 aromatic heterocycles. The van der Waals surface area contributed by atoms with Crippen LogP contribution in [0.3, 0.4) is 0 Å². The maximum absolute atomic E-state index is 14.3. The van der Waals surface area contributed by atoms with Crippen molar-refractivity contribution in [3.63, 3.8) is 0 Å². The number of amides is 1. The molecule has 1 heterocycles. The summed E-state index contributed by atoms with van der Waals surface area (Å²) >= 11 is -3.12. The van der Waals surface area contributed by atoms with Crippen molar-refractivity contribution < 1.29 is 27.4 Å². The van der Waals surface area contributed by atoms with Gasteiger partial charge in [0.1, 0.15) is 5.60 Å². The van der Waals surface area contributed by atoms with Crippen molar-refractivity contribution in [1.29, 1.82) is 0 Å². The van der Waals surface area contributed by atoms with Crippen molar-refractivity contribution >= 4 is 28.0 Å². The van der Waals surface area contributed by atoms with Crippen LogP contribution in [0.1, 0.15) is 110 Å². The molecule has 0 radical (unpaired) electrons. The van der Waals surface area contributed by atoms with Crippen molar-refractivity contribution in [2.24, 2.45) is 0 Å². The third-order valence-corrected chi connectivity index (χ3v) is 24.9. The van der Waals surface area contributed by atoms with Crippen molar-refractivity contribution in [2.75, 3.05) is 19.7 Å². The van der Waals surface area contributed by atoms with Gasteiger partial charge in [-0.2, -0.15) is 0 Å². The molecule has 1 saturated heterocycles. The van der Waals surface area contributed by atoms with Gasteiger partial charge in [0, 0.05) is 0 Å². The minimum atomic E-state index is -4.40. The van der Waals surface area contributed by atoms with E-state index in [4.69, 9.17) is 9.47 Å². The first-order chi connectivity index (χ1) is 21.3. The van der Waals surface area contributed by atoms with Gasteiger partial charge in [0.05, 0.1) is 0 Å². The van der Waals surface area contributed by atoms with E-state index in [9.17, 15) is 18.0 Å². The minimum absolute atomic E-state index is 0.137. The van der Waals surface area contributed by atoms with Crippen LogP contribution in [0, 0.1) is 0 Å². The second-order valence-electron chi connectivity index (χ2n) is 14.1. The van der Waals surface area contributed by atoms with E-state index in [1.807, 2.05) is 39.0 Å². The van der Waals surface area contributed by atoms with E-state index in [-0.39, 0.29) is 18.1 Å². The van der Waals surface area contributed by atoms with Crippen molar-refractivity contribution in [3.05, 3.63) is 65.2 Å². The van der Waals surface area contributed by atoms with Crippen LogP contribution in [0.2, 0.25) is 13.3 Å². The molecule has 0 spiro atoms. The van der Waals surface area contributed by atoms with E-state index in [1.165, 1.54) is 12.1 Å². The summed E-state index contributed by atoms with van der Waals surface area (Å²) in [5, 5.41) is 0. The fraction of sp³-hybridized carbons (Fsp3) is 0.649. The Labute approximate surface area is 274 Å². The van der Waals surface area contributed by atoms with E-state index < -0.39 is 35.7 Å². The van der Waals surface area contributed by atoms with Gasteiger partial charge in [-0.25, -0.2) is 0 Å². The van der Waals surface area contributed by atoms with Crippen LogP contribution < -0.4 is 3.58 Å². The number of likely N-dealkylation sites (tertiary alicyclic amines) is 1. The molecule has 4 nitrogen and oxygen atoms in total. The summed E-state index contributed by atoms with van der Waals surface area (Å²) in [4.78, 5) is 14.5. The summed E-state index contributed by atoms with van der Waals surface area (Å²) < 4.78 is 59.4. The van der Waals surface area contributed by atoms with Gasteiger partial charge in [-0.15, -0.1) is 0 Å². The second kappa shape index (κ2) is 16.9. The summed E-state index contributed by atoms with van der Waals surface area (Å²) in [6, 6.07) is 15.1. The Hall–Kier alpha value is -1.74. The number of halogens is 3. The van der Waals surface area contributed by atoms with Crippen LogP contribution in [0.25, 0.3) is 0 Å². The summed E-state index contributed by atoms with van der Waals surface area (Å²) in [7, 11) is 0. The molecule has 2 aromatic rings. The van der Waals surface area contributed by atoms with E-state index in [0.29, 0.717) is 38.1 Å². The summed E-state index contributed by atoms with van der Waals surface area (Å²) in [5.41, 5.74) is 0.319. The van der Waals surface area contributed by atoms with Crippen LogP contribution >= 0.6 is 0 Å². The topological polar surface area (TPSA) is 38.8 Å². The number of nitrogens with zero attached hydrogens (tertiary/aromatic N) is 1. The Morgan fingerprint density at radius 3 is 1.91 bits per heavy atom. The zero-order valence-corrected chi connectivity index (χ0v) is 31.4. The van der Waals surface area contributed by atoms with Crippen LogP contribution in [-0.4, -0.2) is 54.7 Å². The van der Waals surface area contributed by atoms with Gasteiger partial charge in [0.15, 0.2) is 0 Å². The average Bonchev–Trinajstić information content (AvgIpc) is 3.00. The number of rotatable bonds is 15. The van der Waals surface area contributed by atoms with Crippen LogP contribution in [0.5, 0.6) is 0 Å². The fourth-order valence-corrected chi connectivity index (χ4v) is 22.9. The predicted octanol–water partition coefficient (Wildman–Crippen LogP) is 10.2. The Balaban J connectivity index is 1.89. The quantitative estimate of drug-likeness (QED) is 0.171. The number of alkyl halides is 3. The number of carbonyl (C=O) groups excluding carboxylic acids is 1. The number of benzene rings is 2. The van der Waals surface area contributed by atoms with Crippen LogP contribution in [0.4, 0.5) is 18.0 Å². The monoisotopic (exact) mass is 739 g/mol. The number of piperidine rings is 1. The molecule has 1 aliphatic heterocycles. The predicted molar refractivity (Wildman–Crippen MR) is 181 cm³/mol. The standard InChI is InChI=1S/C25H29F3NO3.3C4H9.Sn/c1-23(2,3)32-22(30)29-14-12-24(13-15-29,20-9-5-4-6-10-20)18-31-17-19-8-7-11-21(16-19)25(26,27)28;3*1-3-4-2;/h4-6,8-11,16H,12-15,17-18H2,1-3H3;3*1,3-4H2,2H3;. The fourth-order valence-electron chi connectivity index (χ4n) is 6.71. The number of carbonyl (C=O) groups is 1. The second-order valence-corrected chi connectivity index (χ2v) is 27.4. The van der Waals surface area contributed by atoms with Gasteiger partial charge >= 0.3 is 249 Å². The Morgan fingerprint density at radius 1 is 0.867 bits per heavy atom. The van der Waals surface area contributed by atoms with E-state index in [1.54, 1.807) is 4.90 Å². The first kappa shape index (κ1) is 37.7. The third kappa shape index (κ3) is 10.9.